The zero-order valence-corrected chi connectivity index (χ0v) is 19.9. The average molecular weight is 474 g/mol. The van der Waals surface area contributed by atoms with E-state index < -0.39 is 0 Å². The van der Waals surface area contributed by atoms with Gasteiger partial charge in [-0.05, 0) is 72.9 Å². The van der Waals surface area contributed by atoms with Crippen molar-refractivity contribution < 1.29 is 19.1 Å². The van der Waals surface area contributed by atoms with E-state index in [1.165, 1.54) is 0 Å². The van der Waals surface area contributed by atoms with Crippen molar-refractivity contribution in [2.24, 2.45) is 5.92 Å². The summed E-state index contributed by atoms with van der Waals surface area (Å²) in [6.07, 6.45) is 3.41. The fraction of sp³-hybridized carbons (Fsp3) is 0.321. The van der Waals surface area contributed by atoms with Crippen LogP contribution in [-0.4, -0.2) is 44.0 Å². The molecule has 1 fully saturated rings. The van der Waals surface area contributed by atoms with E-state index in [-0.39, 0.29) is 29.7 Å². The van der Waals surface area contributed by atoms with Crippen molar-refractivity contribution in [3.8, 4) is 5.75 Å². The molecule has 0 bridgehead atoms. The highest BCUT2D eigenvalue weighted by Gasteiger charge is 2.26. The summed E-state index contributed by atoms with van der Waals surface area (Å²) in [6, 6.07) is 20.5. The predicted octanol–water partition coefficient (Wildman–Crippen LogP) is 3.68. The molecule has 0 aliphatic heterocycles. The highest BCUT2D eigenvalue weighted by molar-refractivity contribution is 5.98. The first kappa shape index (κ1) is 24.3. The van der Waals surface area contributed by atoms with Crippen molar-refractivity contribution in [1.82, 2.24) is 16.0 Å². The molecule has 3 aromatic rings. The number of hydrogen-bond donors (Lipinski definition) is 3. The Bertz CT molecular complexity index is 1180. The molecule has 0 aromatic heterocycles. The second-order valence-corrected chi connectivity index (χ2v) is 8.80. The Hall–Kier alpha value is -3.87. The van der Waals surface area contributed by atoms with Gasteiger partial charge in [0.15, 0.2) is 0 Å². The molecule has 0 spiro atoms. The van der Waals surface area contributed by atoms with Crippen molar-refractivity contribution in [1.29, 1.82) is 0 Å². The maximum Gasteiger partial charge on any atom is 0.251 e. The van der Waals surface area contributed by atoms with Gasteiger partial charge in [0.2, 0.25) is 5.91 Å². The van der Waals surface area contributed by atoms with E-state index in [1.807, 2.05) is 36.4 Å². The minimum absolute atomic E-state index is 0.0725. The number of nitrogens with one attached hydrogen (secondary N) is 3. The molecule has 3 N–H and O–H groups in total. The van der Waals surface area contributed by atoms with Gasteiger partial charge in [0.05, 0.1) is 6.10 Å². The zero-order chi connectivity index (χ0) is 24.6. The molecule has 7 nitrogen and oxygen atoms in total. The monoisotopic (exact) mass is 473 g/mol. The Morgan fingerprint density at radius 1 is 0.771 bits per heavy atom. The molecule has 0 heterocycles. The van der Waals surface area contributed by atoms with Crippen molar-refractivity contribution in [2.45, 2.75) is 31.8 Å². The molecule has 4 rings (SSSR count). The molecule has 1 saturated carbocycles. The number of carbonyl (C=O) groups is 3. The summed E-state index contributed by atoms with van der Waals surface area (Å²) in [4.78, 5) is 36.6. The van der Waals surface area contributed by atoms with Crippen molar-refractivity contribution >= 4 is 28.5 Å². The van der Waals surface area contributed by atoms with Crippen molar-refractivity contribution in [3.63, 3.8) is 0 Å². The van der Waals surface area contributed by atoms with Crippen LogP contribution < -0.4 is 20.7 Å². The number of benzene rings is 3. The molecule has 0 atom stereocenters. The van der Waals surface area contributed by atoms with Gasteiger partial charge in [-0.1, -0.05) is 30.3 Å². The lowest BCUT2D eigenvalue weighted by molar-refractivity contribution is -0.125. The standard InChI is InChI=1S/C28H31N3O4/c1-29-26(32)20-8-12-24(13-9-20)35-25-14-10-21(11-15-25)27(33)30-16-17-31-28(34)23-7-6-19-4-2-3-5-22(19)18-23/h2-7,10-11,14-15,18,20,24H,8-9,12-13,16-17H2,1H3,(H,29,32)(H,30,33)(H,31,34)/t20-,24+. The molecule has 1 aliphatic carbocycles. The van der Waals surface area contributed by atoms with Crippen LogP contribution in [0.25, 0.3) is 10.8 Å². The van der Waals surface area contributed by atoms with Crippen LogP contribution >= 0.6 is 0 Å². The summed E-state index contributed by atoms with van der Waals surface area (Å²) in [5.74, 6) is 0.515. The van der Waals surface area contributed by atoms with Crippen LogP contribution in [-0.2, 0) is 4.79 Å². The van der Waals surface area contributed by atoms with E-state index in [2.05, 4.69) is 16.0 Å². The Kier molecular flexibility index (Phi) is 7.98. The molecular formula is C28H31N3O4. The van der Waals surface area contributed by atoms with Crippen LogP contribution in [0.2, 0.25) is 0 Å². The van der Waals surface area contributed by atoms with Crippen LogP contribution in [0.5, 0.6) is 5.75 Å². The Morgan fingerprint density at radius 2 is 1.37 bits per heavy atom. The summed E-state index contributed by atoms with van der Waals surface area (Å²) in [5.41, 5.74) is 1.12. The SMILES string of the molecule is CNC(=O)[C@H]1CC[C@@H](Oc2ccc(C(=O)NCCNC(=O)c3ccc4ccccc4c3)cc2)CC1. The smallest absolute Gasteiger partial charge is 0.251 e. The fourth-order valence-corrected chi connectivity index (χ4v) is 4.41. The Balaban J connectivity index is 1.19. The third kappa shape index (κ3) is 6.38. The van der Waals surface area contributed by atoms with Crippen LogP contribution in [0.3, 0.4) is 0 Å². The lowest BCUT2D eigenvalue weighted by Crippen LogP contribution is -2.34. The van der Waals surface area contributed by atoms with Gasteiger partial charge >= 0.3 is 0 Å². The molecule has 35 heavy (non-hydrogen) atoms. The van der Waals surface area contributed by atoms with Crippen molar-refractivity contribution in [2.75, 3.05) is 20.1 Å². The molecule has 0 unspecified atom stereocenters. The minimum atomic E-state index is -0.206. The van der Waals surface area contributed by atoms with Gasteiger partial charge in [0.1, 0.15) is 5.75 Å². The van der Waals surface area contributed by atoms with Crippen LogP contribution in [0.15, 0.2) is 66.7 Å². The summed E-state index contributed by atoms with van der Waals surface area (Å²) in [6.45, 7) is 0.655. The molecule has 0 saturated heterocycles. The van der Waals surface area contributed by atoms with Gasteiger partial charge in [-0.15, -0.1) is 0 Å². The highest BCUT2D eigenvalue weighted by atomic mass is 16.5. The number of amides is 3. The van der Waals surface area contributed by atoms with Gasteiger partial charge in [0.25, 0.3) is 11.8 Å². The lowest BCUT2D eigenvalue weighted by atomic mass is 9.87. The lowest BCUT2D eigenvalue weighted by Gasteiger charge is -2.28. The van der Waals surface area contributed by atoms with Gasteiger partial charge in [-0.3, -0.25) is 14.4 Å². The largest absolute Gasteiger partial charge is 0.490 e. The number of fused-ring (bicyclic) bond motifs is 1. The third-order valence-electron chi connectivity index (χ3n) is 6.42. The molecule has 7 heteroatoms. The van der Waals surface area contributed by atoms with E-state index in [0.29, 0.717) is 30.0 Å². The van der Waals surface area contributed by atoms with Crippen LogP contribution in [0.4, 0.5) is 0 Å². The van der Waals surface area contributed by atoms with Gasteiger partial charge < -0.3 is 20.7 Å². The summed E-state index contributed by atoms with van der Waals surface area (Å²) in [5, 5.41) is 10.5. The summed E-state index contributed by atoms with van der Waals surface area (Å²) >= 11 is 0. The molecule has 0 radical (unpaired) electrons. The summed E-state index contributed by atoms with van der Waals surface area (Å²) < 4.78 is 6.03. The Morgan fingerprint density at radius 3 is 2.03 bits per heavy atom. The maximum absolute atomic E-state index is 12.4. The first-order valence-corrected chi connectivity index (χ1v) is 12.1. The second-order valence-electron chi connectivity index (χ2n) is 8.80. The summed E-state index contributed by atoms with van der Waals surface area (Å²) in [7, 11) is 1.67. The maximum atomic E-state index is 12.4. The fourth-order valence-electron chi connectivity index (χ4n) is 4.41. The quantitative estimate of drug-likeness (QED) is 0.435. The molecule has 1 aliphatic rings. The van der Waals surface area contributed by atoms with Gasteiger partial charge in [0, 0.05) is 37.2 Å². The van der Waals surface area contributed by atoms with E-state index in [4.69, 9.17) is 4.74 Å². The van der Waals surface area contributed by atoms with Crippen LogP contribution in [0, 0.1) is 5.92 Å². The third-order valence-corrected chi connectivity index (χ3v) is 6.42. The molecule has 3 aromatic carbocycles. The van der Waals surface area contributed by atoms with E-state index in [0.717, 1.165) is 36.5 Å². The van der Waals surface area contributed by atoms with Gasteiger partial charge in [-0.2, -0.15) is 0 Å². The second kappa shape index (κ2) is 11.5. The molecule has 182 valence electrons. The molecule has 3 amide bonds. The van der Waals surface area contributed by atoms with Gasteiger partial charge in [-0.25, -0.2) is 0 Å². The zero-order valence-electron chi connectivity index (χ0n) is 19.9. The minimum Gasteiger partial charge on any atom is -0.490 e. The Labute approximate surface area is 205 Å². The number of ether oxygens (including phenoxy) is 1. The number of hydrogen-bond acceptors (Lipinski definition) is 4. The highest BCUT2D eigenvalue weighted by Crippen LogP contribution is 2.28. The van der Waals surface area contributed by atoms with E-state index >= 15 is 0 Å². The topological polar surface area (TPSA) is 96.5 Å². The normalized spacial score (nSPS) is 17.4. The van der Waals surface area contributed by atoms with E-state index in [1.54, 1.807) is 37.4 Å². The van der Waals surface area contributed by atoms with Crippen LogP contribution in [0.1, 0.15) is 46.4 Å². The first-order valence-electron chi connectivity index (χ1n) is 12.1. The number of carbonyl (C=O) groups excluding carboxylic acids is 3. The first-order chi connectivity index (χ1) is 17.0. The van der Waals surface area contributed by atoms with Crippen molar-refractivity contribution in [3.05, 3.63) is 77.9 Å². The molecular weight excluding hydrogens is 442 g/mol. The average Bonchev–Trinajstić information content (AvgIpc) is 2.91. The number of rotatable bonds is 8. The van der Waals surface area contributed by atoms with E-state index in [9.17, 15) is 14.4 Å². The predicted molar refractivity (Wildman–Crippen MR) is 135 cm³/mol.